The minimum absolute atomic E-state index is 0.00307. The molecule has 3 heterocycles. The number of anilines is 1. The third-order valence-corrected chi connectivity index (χ3v) is 4.22. The summed E-state index contributed by atoms with van der Waals surface area (Å²) in [6.45, 7) is 0.947. The van der Waals surface area contributed by atoms with Gasteiger partial charge in [0.25, 0.3) is 0 Å². The number of aryl methyl sites for hydroxylation is 1. The van der Waals surface area contributed by atoms with Crippen molar-refractivity contribution in [3.8, 4) is 5.75 Å². The Kier molecular flexibility index (Phi) is 4.40. The Balaban J connectivity index is 1.47. The molecule has 2 N–H and O–H groups in total. The molecule has 1 aromatic carbocycles. The van der Waals surface area contributed by atoms with Crippen LogP contribution in [0, 0.1) is 0 Å². The highest BCUT2D eigenvalue weighted by Crippen LogP contribution is 2.29. The third-order valence-electron chi connectivity index (χ3n) is 4.22. The van der Waals surface area contributed by atoms with Gasteiger partial charge in [-0.1, -0.05) is 0 Å². The minimum atomic E-state index is -0.00307. The van der Waals surface area contributed by atoms with Crippen LogP contribution in [-0.2, 0) is 7.05 Å². The van der Waals surface area contributed by atoms with Gasteiger partial charge in [0.05, 0.1) is 25.4 Å². The number of fused-ring (bicyclic) bond motifs is 1. The smallest absolute Gasteiger partial charge is 0.173 e. The zero-order valence-corrected chi connectivity index (χ0v) is 14.4. The van der Waals surface area contributed by atoms with Crippen LogP contribution in [0.4, 0.5) is 5.69 Å². The van der Waals surface area contributed by atoms with Crippen molar-refractivity contribution >= 4 is 17.4 Å². The Morgan fingerprint density at radius 3 is 2.88 bits per heavy atom. The van der Waals surface area contributed by atoms with Gasteiger partial charge in [-0.2, -0.15) is 5.10 Å². The van der Waals surface area contributed by atoms with Crippen LogP contribution in [0.5, 0.6) is 5.75 Å². The van der Waals surface area contributed by atoms with Gasteiger partial charge in [-0.25, -0.2) is 4.99 Å². The topological polar surface area (TPSA) is 87.3 Å². The average molecular weight is 352 g/mol. The largest absolute Gasteiger partial charge is 0.491 e. The van der Waals surface area contributed by atoms with Crippen LogP contribution in [0.15, 0.2) is 59.0 Å². The van der Waals surface area contributed by atoms with E-state index in [0.29, 0.717) is 18.1 Å². The summed E-state index contributed by atoms with van der Waals surface area (Å²) in [7, 11) is 1.91. The maximum absolute atomic E-state index is 8.81. The lowest BCUT2D eigenvalue weighted by molar-refractivity contribution is 0.201. The van der Waals surface area contributed by atoms with Gasteiger partial charge in [0.1, 0.15) is 12.4 Å². The summed E-state index contributed by atoms with van der Waals surface area (Å²) in [4.78, 5) is 11.2. The predicted molar refractivity (Wildman–Crippen MR) is 99.3 cm³/mol. The summed E-state index contributed by atoms with van der Waals surface area (Å²) in [6, 6.07) is 7.66. The zero-order valence-electron chi connectivity index (χ0n) is 14.4. The molecule has 0 radical (unpaired) electrons. The van der Waals surface area contributed by atoms with Crippen LogP contribution >= 0.6 is 0 Å². The summed E-state index contributed by atoms with van der Waals surface area (Å²) in [5.41, 5.74) is 2.02. The first kappa shape index (κ1) is 16.3. The molecule has 2 aromatic rings. The lowest BCUT2D eigenvalue weighted by Crippen LogP contribution is -2.37. The number of aliphatic imine (C=N–C) groups is 2. The fourth-order valence-corrected chi connectivity index (χ4v) is 3.00. The molecular weight excluding hydrogens is 332 g/mol. The zero-order chi connectivity index (χ0) is 17.9. The van der Waals surface area contributed by atoms with Gasteiger partial charge in [0.2, 0.25) is 0 Å². The van der Waals surface area contributed by atoms with Gasteiger partial charge >= 0.3 is 0 Å². The van der Waals surface area contributed by atoms with Crippen LogP contribution in [0.1, 0.15) is 11.6 Å². The van der Waals surface area contributed by atoms with E-state index in [2.05, 4.69) is 25.3 Å². The fourth-order valence-electron chi connectivity index (χ4n) is 3.00. The number of aromatic nitrogens is 2. The van der Waals surface area contributed by atoms with E-state index in [1.807, 2.05) is 49.9 Å². The lowest BCUT2D eigenvalue weighted by Gasteiger charge is -2.26. The average Bonchev–Trinajstić information content (AvgIpc) is 3.28. The van der Waals surface area contributed by atoms with Crippen molar-refractivity contribution in [1.82, 2.24) is 14.7 Å². The second-order valence-corrected chi connectivity index (χ2v) is 6.03. The molecule has 0 fully saturated rings. The van der Waals surface area contributed by atoms with E-state index in [4.69, 9.17) is 9.84 Å². The molecule has 0 saturated carbocycles. The Morgan fingerprint density at radius 2 is 2.15 bits per heavy atom. The van der Waals surface area contributed by atoms with E-state index in [1.165, 1.54) is 0 Å². The highest BCUT2D eigenvalue weighted by molar-refractivity contribution is 6.45. The molecule has 0 saturated heterocycles. The molecule has 0 amide bonds. The summed E-state index contributed by atoms with van der Waals surface area (Å²) >= 11 is 0. The van der Waals surface area contributed by atoms with Gasteiger partial charge in [-0.05, 0) is 24.3 Å². The van der Waals surface area contributed by atoms with Crippen molar-refractivity contribution in [2.75, 3.05) is 25.1 Å². The molecule has 26 heavy (non-hydrogen) atoms. The molecule has 1 atom stereocenters. The molecule has 2 aliphatic heterocycles. The Hall–Kier alpha value is -3.13. The van der Waals surface area contributed by atoms with E-state index in [9.17, 15) is 0 Å². The van der Waals surface area contributed by atoms with E-state index < -0.39 is 0 Å². The summed E-state index contributed by atoms with van der Waals surface area (Å²) in [6.07, 6.45) is 7.61. The van der Waals surface area contributed by atoms with E-state index in [1.54, 1.807) is 10.9 Å². The molecule has 0 aliphatic carbocycles. The molecule has 8 heteroatoms. The monoisotopic (exact) mass is 352 g/mol. The number of benzene rings is 1. The Bertz CT molecular complexity index is 868. The van der Waals surface area contributed by atoms with Crippen molar-refractivity contribution in [1.29, 1.82) is 0 Å². The lowest BCUT2D eigenvalue weighted by atomic mass is 10.1. The first-order valence-corrected chi connectivity index (χ1v) is 8.41. The number of ether oxygens (including phenoxy) is 1. The number of nitrogens with zero attached hydrogens (tertiary/aromatic N) is 5. The number of hydrogen-bond acceptors (Lipinski definition) is 7. The molecule has 2 aliphatic rings. The predicted octanol–water partition coefficient (Wildman–Crippen LogP) is 1.54. The van der Waals surface area contributed by atoms with E-state index in [-0.39, 0.29) is 19.3 Å². The van der Waals surface area contributed by atoms with Crippen molar-refractivity contribution in [2.24, 2.45) is 17.0 Å². The van der Waals surface area contributed by atoms with Crippen LogP contribution < -0.4 is 10.1 Å². The van der Waals surface area contributed by atoms with Crippen molar-refractivity contribution in [3.63, 3.8) is 0 Å². The Morgan fingerprint density at radius 1 is 1.31 bits per heavy atom. The van der Waals surface area contributed by atoms with Crippen molar-refractivity contribution < 1.29 is 9.84 Å². The minimum Gasteiger partial charge on any atom is -0.491 e. The molecule has 1 aromatic heterocycles. The van der Waals surface area contributed by atoms with Crippen LogP contribution in [-0.4, -0.2) is 51.2 Å². The van der Waals surface area contributed by atoms with E-state index in [0.717, 1.165) is 17.1 Å². The third kappa shape index (κ3) is 3.18. The Labute approximate surface area is 151 Å². The summed E-state index contributed by atoms with van der Waals surface area (Å²) in [5.74, 6) is 2.25. The van der Waals surface area contributed by atoms with Crippen molar-refractivity contribution in [2.45, 2.75) is 6.04 Å². The molecule has 134 valence electrons. The van der Waals surface area contributed by atoms with Gasteiger partial charge in [-0.15, -0.1) is 0 Å². The molecule has 1 unspecified atom stereocenters. The first-order valence-electron chi connectivity index (χ1n) is 8.41. The van der Waals surface area contributed by atoms with Crippen LogP contribution in [0.25, 0.3) is 0 Å². The van der Waals surface area contributed by atoms with Gasteiger partial charge in [0.15, 0.2) is 11.7 Å². The molecule has 0 bridgehead atoms. The second-order valence-electron chi connectivity index (χ2n) is 6.03. The quantitative estimate of drug-likeness (QED) is 0.852. The fraction of sp³-hybridized carbons (Fsp3) is 0.278. The highest BCUT2D eigenvalue weighted by atomic mass is 16.5. The standard InChI is InChI=1S/C18H20N6O2/c1-23-12-13(10-21-23)16-11-20-18-17(19-6-7-24(16)18)22-14-2-4-15(5-3-14)26-9-8-25/h2-7,10,12,16,25H,8-9,11H2,1H3,(H,19,22). The number of nitrogens with one attached hydrogen (secondary N) is 1. The SMILES string of the molecule is Cn1cc(C2CN=C3C(Nc4ccc(OCCO)cc4)=NC=CN32)cn1. The molecule has 8 nitrogen and oxygen atoms in total. The number of amidine groups is 2. The van der Waals surface area contributed by atoms with Crippen LogP contribution in [0.3, 0.4) is 0 Å². The molecular formula is C18H20N6O2. The highest BCUT2D eigenvalue weighted by Gasteiger charge is 2.32. The normalized spacial score (nSPS) is 18.4. The van der Waals surface area contributed by atoms with Gasteiger partial charge in [-0.3, -0.25) is 9.67 Å². The maximum Gasteiger partial charge on any atom is 0.173 e. The van der Waals surface area contributed by atoms with Gasteiger partial charge < -0.3 is 20.1 Å². The van der Waals surface area contributed by atoms with E-state index >= 15 is 0 Å². The first-order chi connectivity index (χ1) is 12.7. The molecule has 0 spiro atoms. The number of rotatable bonds is 5. The van der Waals surface area contributed by atoms with Crippen molar-refractivity contribution in [3.05, 3.63) is 54.6 Å². The molecule has 4 rings (SSSR count). The number of aliphatic hydroxyl groups excluding tert-OH is 1. The van der Waals surface area contributed by atoms with Gasteiger partial charge in [0, 0.05) is 36.9 Å². The maximum atomic E-state index is 8.81. The summed E-state index contributed by atoms with van der Waals surface area (Å²) < 4.78 is 7.18. The second kappa shape index (κ2) is 7.01. The number of hydrogen-bond donors (Lipinski definition) is 2. The number of aliphatic hydroxyl groups is 1. The van der Waals surface area contributed by atoms with Crippen LogP contribution in [0.2, 0.25) is 0 Å². The summed E-state index contributed by atoms with van der Waals surface area (Å²) in [5, 5.41) is 16.4.